The number of rotatable bonds is 2. The van der Waals surface area contributed by atoms with Gasteiger partial charge in [0, 0.05) is 12.4 Å². The predicted molar refractivity (Wildman–Crippen MR) is 50.1 cm³/mol. The third-order valence-corrected chi connectivity index (χ3v) is 1.74. The van der Waals surface area contributed by atoms with Crippen LogP contribution in [0.1, 0.15) is 18.9 Å². The van der Waals surface area contributed by atoms with Crippen LogP contribution >= 0.6 is 0 Å². The molecule has 0 saturated heterocycles. The molecule has 0 spiro atoms. The van der Waals surface area contributed by atoms with Crippen LogP contribution in [0.25, 0.3) is 11.5 Å². The van der Waals surface area contributed by atoms with Gasteiger partial charge in [-0.15, -0.1) is 10.2 Å². The molecule has 2 aromatic heterocycles. The zero-order chi connectivity index (χ0) is 9.97. The topological polar surface area (TPSA) is 77.8 Å². The molecule has 0 aliphatic heterocycles. The van der Waals surface area contributed by atoms with Gasteiger partial charge in [0.25, 0.3) is 0 Å². The molecule has 0 aliphatic rings. The lowest BCUT2D eigenvalue weighted by Crippen LogP contribution is -2.04. The van der Waals surface area contributed by atoms with Gasteiger partial charge in [-0.05, 0) is 19.1 Å². The lowest BCUT2D eigenvalue weighted by molar-refractivity contribution is 0.473. The monoisotopic (exact) mass is 190 g/mol. The SMILES string of the molecule is CC(N)c1nnc(-c2cccnc2)o1. The fourth-order valence-electron chi connectivity index (χ4n) is 1.02. The minimum absolute atomic E-state index is 0.243. The molecule has 72 valence electrons. The third-order valence-electron chi connectivity index (χ3n) is 1.74. The second kappa shape index (κ2) is 3.55. The summed E-state index contributed by atoms with van der Waals surface area (Å²) in [6.07, 6.45) is 3.35. The molecular formula is C9H10N4O. The van der Waals surface area contributed by atoms with Gasteiger partial charge >= 0.3 is 0 Å². The summed E-state index contributed by atoms with van der Waals surface area (Å²) in [6.45, 7) is 1.79. The van der Waals surface area contributed by atoms with Crippen LogP contribution in [0.3, 0.4) is 0 Å². The first-order chi connectivity index (χ1) is 6.77. The molecule has 1 atom stereocenters. The number of hydrogen-bond donors (Lipinski definition) is 1. The molecular weight excluding hydrogens is 180 g/mol. The van der Waals surface area contributed by atoms with E-state index in [1.54, 1.807) is 19.3 Å². The quantitative estimate of drug-likeness (QED) is 0.768. The Morgan fingerprint density at radius 1 is 1.43 bits per heavy atom. The molecule has 1 unspecified atom stereocenters. The van der Waals surface area contributed by atoms with Crippen LogP contribution in [0.15, 0.2) is 28.9 Å². The molecule has 5 nitrogen and oxygen atoms in total. The molecule has 2 heterocycles. The van der Waals surface area contributed by atoms with Gasteiger partial charge in [0.15, 0.2) is 0 Å². The molecule has 2 aromatic rings. The Morgan fingerprint density at radius 3 is 2.86 bits per heavy atom. The largest absolute Gasteiger partial charge is 0.419 e. The highest BCUT2D eigenvalue weighted by atomic mass is 16.4. The molecule has 0 saturated carbocycles. The van der Waals surface area contributed by atoms with Crippen molar-refractivity contribution in [1.82, 2.24) is 15.2 Å². The molecule has 0 radical (unpaired) electrons. The van der Waals surface area contributed by atoms with Crippen molar-refractivity contribution in [2.24, 2.45) is 5.73 Å². The van der Waals surface area contributed by atoms with Gasteiger partial charge in [-0.1, -0.05) is 0 Å². The van der Waals surface area contributed by atoms with Gasteiger partial charge < -0.3 is 10.2 Å². The minimum atomic E-state index is -0.243. The van der Waals surface area contributed by atoms with Crippen molar-refractivity contribution in [3.63, 3.8) is 0 Å². The second-order valence-electron chi connectivity index (χ2n) is 2.98. The van der Waals surface area contributed by atoms with Crippen molar-refractivity contribution >= 4 is 0 Å². The third kappa shape index (κ3) is 1.62. The second-order valence-corrected chi connectivity index (χ2v) is 2.98. The lowest BCUT2D eigenvalue weighted by atomic mass is 10.3. The smallest absolute Gasteiger partial charge is 0.249 e. The predicted octanol–water partition coefficient (Wildman–Crippen LogP) is 1.15. The standard InChI is InChI=1S/C9H10N4O/c1-6(10)8-12-13-9(14-8)7-3-2-4-11-5-7/h2-6H,10H2,1H3. The summed E-state index contributed by atoms with van der Waals surface area (Å²) in [7, 11) is 0. The molecule has 0 bridgehead atoms. The van der Waals surface area contributed by atoms with Gasteiger partial charge in [-0.25, -0.2) is 0 Å². The molecule has 5 heteroatoms. The first kappa shape index (κ1) is 8.83. The van der Waals surface area contributed by atoms with Crippen molar-refractivity contribution in [2.75, 3.05) is 0 Å². The zero-order valence-corrected chi connectivity index (χ0v) is 7.71. The Morgan fingerprint density at radius 2 is 2.29 bits per heavy atom. The highest BCUT2D eigenvalue weighted by molar-refractivity contribution is 5.49. The Hall–Kier alpha value is -1.75. The first-order valence-corrected chi connectivity index (χ1v) is 4.27. The molecule has 14 heavy (non-hydrogen) atoms. The van der Waals surface area contributed by atoms with E-state index in [1.807, 2.05) is 12.1 Å². The van der Waals surface area contributed by atoms with Crippen LogP contribution in [0.5, 0.6) is 0 Å². The van der Waals surface area contributed by atoms with Crippen LogP contribution < -0.4 is 5.73 Å². The Bertz CT molecular complexity index is 410. The van der Waals surface area contributed by atoms with E-state index in [0.717, 1.165) is 5.56 Å². The van der Waals surface area contributed by atoms with Crippen LogP contribution in [-0.2, 0) is 0 Å². The first-order valence-electron chi connectivity index (χ1n) is 4.27. The van der Waals surface area contributed by atoms with E-state index in [4.69, 9.17) is 10.2 Å². The molecule has 0 amide bonds. The maximum absolute atomic E-state index is 5.59. The highest BCUT2D eigenvalue weighted by Gasteiger charge is 2.10. The fraction of sp³-hybridized carbons (Fsp3) is 0.222. The van der Waals surface area contributed by atoms with Crippen molar-refractivity contribution in [3.05, 3.63) is 30.4 Å². The summed E-state index contributed by atoms with van der Waals surface area (Å²) in [5, 5.41) is 7.69. The van der Waals surface area contributed by atoms with Gasteiger partial charge in [0.05, 0.1) is 11.6 Å². The van der Waals surface area contributed by atoms with E-state index < -0.39 is 0 Å². The van der Waals surface area contributed by atoms with Crippen LogP contribution in [0.4, 0.5) is 0 Å². The number of hydrogen-bond acceptors (Lipinski definition) is 5. The van der Waals surface area contributed by atoms with E-state index in [9.17, 15) is 0 Å². The Kier molecular flexibility index (Phi) is 2.24. The summed E-state index contributed by atoms with van der Waals surface area (Å²) in [4.78, 5) is 3.96. The van der Waals surface area contributed by atoms with E-state index in [2.05, 4.69) is 15.2 Å². The van der Waals surface area contributed by atoms with Gasteiger partial charge in [0.1, 0.15) is 0 Å². The number of nitrogens with zero attached hydrogens (tertiary/aromatic N) is 3. The maximum atomic E-state index is 5.59. The summed E-state index contributed by atoms with van der Waals surface area (Å²) in [5.41, 5.74) is 6.39. The highest BCUT2D eigenvalue weighted by Crippen LogP contribution is 2.17. The van der Waals surface area contributed by atoms with E-state index in [1.165, 1.54) is 0 Å². The average molecular weight is 190 g/mol. The van der Waals surface area contributed by atoms with Gasteiger partial charge in [-0.2, -0.15) is 0 Å². The maximum Gasteiger partial charge on any atom is 0.249 e. The minimum Gasteiger partial charge on any atom is -0.419 e. The summed E-state index contributed by atoms with van der Waals surface area (Å²) >= 11 is 0. The number of pyridine rings is 1. The average Bonchev–Trinajstić information content (AvgIpc) is 2.68. The van der Waals surface area contributed by atoms with Crippen molar-refractivity contribution in [1.29, 1.82) is 0 Å². The molecule has 0 aliphatic carbocycles. The number of nitrogens with two attached hydrogens (primary N) is 1. The Balaban J connectivity index is 2.34. The van der Waals surface area contributed by atoms with E-state index >= 15 is 0 Å². The molecule has 2 N–H and O–H groups in total. The van der Waals surface area contributed by atoms with Crippen LogP contribution in [0, 0.1) is 0 Å². The molecule has 2 rings (SSSR count). The van der Waals surface area contributed by atoms with Crippen molar-refractivity contribution in [2.45, 2.75) is 13.0 Å². The van der Waals surface area contributed by atoms with Gasteiger partial charge in [0.2, 0.25) is 11.8 Å². The van der Waals surface area contributed by atoms with Gasteiger partial charge in [-0.3, -0.25) is 4.98 Å². The fourth-order valence-corrected chi connectivity index (χ4v) is 1.02. The van der Waals surface area contributed by atoms with Crippen LogP contribution in [0.2, 0.25) is 0 Å². The van der Waals surface area contributed by atoms with Crippen molar-refractivity contribution < 1.29 is 4.42 Å². The summed E-state index contributed by atoms with van der Waals surface area (Å²) in [5.74, 6) is 0.884. The summed E-state index contributed by atoms with van der Waals surface area (Å²) < 4.78 is 5.34. The lowest BCUT2D eigenvalue weighted by Gasteiger charge is -1.95. The van der Waals surface area contributed by atoms with E-state index in [0.29, 0.717) is 11.8 Å². The Labute approximate surface area is 81.0 Å². The number of aromatic nitrogens is 3. The van der Waals surface area contributed by atoms with E-state index in [-0.39, 0.29) is 6.04 Å². The normalized spacial score (nSPS) is 12.7. The molecule has 0 fully saturated rings. The molecule has 0 aromatic carbocycles. The zero-order valence-electron chi connectivity index (χ0n) is 7.71. The van der Waals surface area contributed by atoms with Crippen LogP contribution in [-0.4, -0.2) is 15.2 Å². The summed E-state index contributed by atoms with van der Waals surface area (Å²) in [6, 6.07) is 3.42. The van der Waals surface area contributed by atoms with Crippen molar-refractivity contribution in [3.8, 4) is 11.5 Å².